The third kappa shape index (κ3) is 13.6. The average Bonchev–Trinajstić information content (AvgIpc) is 2.76. The number of phenols is 1. The van der Waals surface area contributed by atoms with E-state index in [1.165, 1.54) is 6.07 Å². The van der Waals surface area contributed by atoms with Crippen molar-refractivity contribution in [1.29, 1.82) is 0 Å². The molecule has 5 N–H and O–H groups in total. The quantitative estimate of drug-likeness (QED) is 0.150. The number of amides is 2. The van der Waals surface area contributed by atoms with Crippen molar-refractivity contribution in [3.63, 3.8) is 0 Å². The van der Waals surface area contributed by atoms with E-state index in [1.54, 1.807) is 18.2 Å². The average molecular weight is 559 g/mol. The molecule has 2 unspecified atom stereocenters. The van der Waals surface area contributed by atoms with Crippen LogP contribution in [-0.2, 0) is 30.5 Å². The van der Waals surface area contributed by atoms with Gasteiger partial charge in [0.05, 0.1) is 6.61 Å². The van der Waals surface area contributed by atoms with Gasteiger partial charge in [-0.25, -0.2) is 9.59 Å². The van der Waals surface area contributed by atoms with Crippen LogP contribution in [0.15, 0.2) is 24.3 Å². The topological polar surface area (TPSA) is 162 Å². The molecular formula is C25H38N2O8S2. The summed E-state index contributed by atoms with van der Waals surface area (Å²) in [6, 6.07) is 4.23. The Balaban J connectivity index is 2.66. The fourth-order valence-electron chi connectivity index (χ4n) is 3.08. The first kappa shape index (κ1) is 32.6. The summed E-state index contributed by atoms with van der Waals surface area (Å²) in [4.78, 5) is 48.2. The normalized spacial score (nSPS) is 14.0. The molecule has 12 heteroatoms. The monoisotopic (exact) mass is 558 g/mol. The van der Waals surface area contributed by atoms with Crippen LogP contribution < -0.4 is 10.6 Å². The minimum atomic E-state index is -1.24. The second-order valence-electron chi connectivity index (χ2n) is 10.2. The number of nitrogens with one attached hydrogen (secondary N) is 2. The Morgan fingerprint density at radius 1 is 0.946 bits per heavy atom. The SMILES string of the molecule is CC(C)C[C@@H](OCc1ccccc1O)C(=O)NC(CSSCC(NC(=O)CC(C)(C)C)C(=O)O)C(=O)O. The van der Waals surface area contributed by atoms with Gasteiger partial charge in [-0.2, -0.15) is 0 Å². The van der Waals surface area contributed by atoms with Crippen molar-refractivity contribution < 1.29 is 39.2 Å². The van der Waals surface area contributed by atoms with E-state index in [1.807, 2.05) is 34.6 Å². The zero-order chi connectivity index (χ0) is 28.2. The molecule has 0 aliphatic rings. The smallest absolute Gasteiger partial charge is 0.327 e. The van der Waals surface area contributed by atoms with Gasteiger partial charge in [-0.1, -0.05) is 74.4 Å². The van der Waals surface area contributed by atoms with Gasteiger partial charge in [0.25, 0.3) is 0 Å². The number of benzene rings is 1. The number of carbonyl (C=O) groups excluding carboxylic acids is 2. The Morgan fingerprint density at radius 3 is 1.97 bits per heavy atom. The van der Waals surface area contributed by atoms with Gasteiger partial charge in [-0.05, 0) is 23.8 Å². The van der Waals surface area contributed by atoms with E-state index in [2.05, 4.69) is 10.6 Å². The maximum Gasteiger partial charge on any atom is 0.327 e. The number of carboxylic acids is 2. The molecule has 1 aromatic rings. The van der Waals surface area contributed by atoms with Crippen LogP contribution in [0, 0.1) is 11.3 Å². The third-order valence-corrected chi connectivity index (χ3v) is 7.32. The summed E-state index contributed by atoms with van der Waals surface area (Å²) in [6.07, 6.45) is -0.401. The summed E-state index contributed by atoms with van der Waals surface area (Å²) >= 11 is 0. The van der Waals surface area contributed by atoms with Crippen molar-refractivity contribution in [2.75, 3.05) is 11.5 Å². The predicted octanol–water partition coefficient (Wildman–Crippen LogP) is 3.28. The highest BCUT2D eigenvalue weighted by Gasteiger charge is 2.28. The van der Waals surface area contributed by atoms with Gasteiger partial charge >= 0.3 is 11.9 Å². The molecular weight excluding hydrogens is 520 g/mol. The lowest BCUT2D eigenvalue weighted by molar-refractivity contribution is -0.144. The van der Waals surface area contributed by atoms with Gasteiger partial charge in [-0.15, -0.1) is 0 Å². The van der Waals surface area contributed by atoms with Gasteiger partial charge < -0.3 is 30.7 Å². The molecule has 2 amide bonds. The van der Waals surface area contributed by atoms with Gasteiger partial charge in [0.2, 0.25) is 11.8 Å². The Labute approximate surface area is 225 Å². The summed E-state index contributed by atoms with van der Waals surface area (Å²) in [7, 11) is 2.19. The second kappa shape index (κ2) is 15.7. The standard InChI is InChI=1S/C25H38N2O8S2/c1-15(2)10-20(35-12-16-8-6-7-9-19(16)28)22(30)27-18(24(33)34)14-37-36-13-17(23(31)32)26-21(29)11-25(3,4)5/h6-9,15,17-18,20,28H,10-14H2,1-5H3,(H,26,29)(H,27,30)(H,31,32)(H,33,34)/t17?,18?,20-/m1/s1. The molecule has 10 nitrogen and oxygen atoms in total. The molecule has 0 heterocycles. The van der Waals surface area contributed by atoms with Gasteiger partial charge in [0, 0.05) is 23.5 Å². The number of hydrogen-bond acceptors (Lipinski definition) is 8. The number of carbonyl (C=O) groups is 4. The molecule has 208 valence electrons. The number of rotatable bonds is 16. The lowest BCUT2D eigenvalue weighted by Gasteiger charge is -2.22. The van der Waals surface area contributed by atoms with Crippen LogP contribution in [0.5, 0.6) is 5.75 Å². The van der Waals surface area contributed by atoms with Crippen molar-refractivity contribution in [3.05, 3.63) is 29.8 Å². The van der Waals surface area contributed by atoms with Gasteiger partial charge in [-0.3, -0.25) is 9.59 Å². The number of aliphatic carboxylic acids is 2. The van der Waals surface area contributed by atoms with Crippen LogP contribution >= 0.6 is 21.6 Å². The molecule has 1 aromatic carbocycles. The zero-order valence-corrected chi connectivity index (χ0v) is 23.5. The van der Waals surface area contributed by atoms with E-state index in [4.69, 9.17) is 4.74 Å². The highest BCUT2D eigenvalue weighted by molar-refractivity contribution is 8.76. The molecule has 37 heavy (non-hydrogen) atoms. The Hall–Kier alpha value is -2.44. The lowest BCUT2D eigenvalue weighted by atomic mass is 9.92. The second-order valence-corrected chi connectivity index (χ2v) is 12.8. The van der Waals surface area contributed by atoms with Crippen LogP contribution in [0.3, 0.4) is 0 Å². The molecule has 0 saturated heterocycles. The third-order valence-electron chi connectivity index (χ3n) is 4.90. The fourth-order valence-corrected chi connectivity index (χ4v) is 5.39. The van der Waals surface area contributed by atoms with Crippen molar-refractivity contribution in [2.45, 2.75) is 72.3 Å². The highest BCUT2D eigenvalue weighted by Crippen LogP contribution is 2.24. The molecule has 3 atom stereocenters. The minimum absolute atomic E-state index is 0.0165. The lowest BCUT2D eigenvalue weighted by Crippen LogP contribution is -2.47. The highest BCUT2D eigenvalue weighted by atomic mass is 33.1. The van der Waals surface area contributed by atoms with Crippen LogP contribution in [0.4, 0.5) is 0 Å². The summed E-state index contributed by atoms with van der Waals surface area (Å²) < 4.78 is 5.73. The number of carboxylic acid groups (broad SMARTS) is 2. The number of ether oxygens (including phenoxy) is 1. The largest absolute Gasteiger partial charge is 0.508 e. The van der Waals surface area contributed by atoms with E-state index in [-0.39, 0.29) is 47.5 Å². The maximum absolute atomic E-state index is 12.9. The molecule has 0 aromatic heterocycles. The van der Waals surface area contributed by atoms with Crippen molar-refractivity contribution >= 4 is 45.3 Å². The van der Waals surface area contributed by atoms with Crippen LogP contribution in [-0.4, -0.2) is 68.8 Å². The minimum Gasteiger partial charge on any atom is -0.508 e. The molecule has 0 radical (unpaired) electrons. The fraction of sp³-hybridized carbons (Fsp3) is 0.600. The number of para-hydroxylation sites is 1. The molecule has 0 spiro atoms. The molecule has 0 aliphatic carbocycles. The first-order valence-electron chi connectivity index (χ1n) is 11.9. The predicted molar refractivity (Wildman–Crippen MR) is 144 cm³/mol. The van der Waals surface area contributed by atoms with E-state index in [0.29, 0.717) is 12.0 Å². The first-order valence-corrected chi connectivity index (χ1v) is 14.4. The zero-order valence-electron chi connectivity index (χ0n) is 21.9. The molecule has 0 fully saturated rings. The molecule has 0 saturated carbocycles. The van der Waals surface area contributed by atoms with E-state index in [9.17, 15) is 34.5 Å². The van der Waals surface area contributed by atoms with Gasteiger partial charge in [0.15, 0.2) is 0 Å². The van der Waals surface area contributed by atoms with Crippen molar-refractivity contribution in [2.24, 2.45) is 11.3 Å². The Kier molecular flexibility index (Phi) is 13.9. The van der Waals surface area contributed by atoms with Gasteiger partial charge in [0.1, 0.15) is 23.9 Å². The Morgan fingerprint density at radius 2 is 1.49 bits per heavy atom. The molecule has 0 bridgehead atoms. The number of phenolic OH excluding ortho intramolecular Hbond substituents is 1. The number of hydrogen-bond donors (Lipinski definition) is 5. The van der Waals surface area contributed by atoms with Crippen LogP contribution in [0.25, 0.3) is 0 Å². The molecule has 0 aliphatic heterocycles. The number of aromatic hydroxyl groups is 1. The summed E-state index contributed by atoms with van der Waals surface area (Å²) in [6.45, 7) is 9.41. The van der Waals surface area contributed by atoms with Crippen molar-refractivity contribution in [1.82, 2.24) is 10.6 Å². The van der Waals surface area contributed by atoms with E-state index in [0.717, 1.165) is 21.6 Å². The van der Waals surface area contributed by atoms with Crippen LogP contribution in [0.1, 0.15) is 53.0 Å². The maximum atomic E-state index is 12.9. The Bertz CT molecular complexity index is 920. The van der Waals surface area contributed by atoms with Crippen LogP contribution in [0.2, 0.25) is 0 Å². The van der Waals surface area contributed by atoms with E-state index >= 15 is 0 Å². The van der Waals surface area contributed by atoms with E-state index < -0.39 is 36.0 Å². The first-order chi connectivity index (χ1) is 17.2. The summed E-state index contributed by atoms with van der Waals surface area (Å²) in [5, 5.41) is 33.9. The summed E-state index contributed by atoms with van der Waals surface area (Å²) in [5.74, 6) is -3.25. The van der Waals surface area contributed by atoms with Crippen molar-refractivity contribution in [3.8, 4) is 5.75 Å². The molecule has 1 rings (SSSR count). The summed E-state index contributed by atoms with van der Waals surface area (Å²) in [5.41, 5.74) is 0.217.